The first kappa shape index (κ1) is 31.5. The van der Waals surface area contributed by atoms with Gasteiger partial charge in [-0.15, -0.1) is 0 Å². The largest absolute Gasteiger partial charge is 0.307 e. The van der Waals surface area contributed by atoms with Crippen LogP contribution in [0.5, 0.6) is 0 Å². The monoisotopic (exact) mass is 659 g/mol. The standard InChI is InChI=1S/C42H35N3OP2/c1-42(37-27-15-16-32-43-37,38-28-17-30-40(44-38)47(2,33-19-7-3-8-20-33)34-21-9-4-10-22-34)39-29-18-31-41(45-39)48(46,35-23-11-5-12-24-35)36-25-13-6-14-26-36/h3-32H,2H2,1H3. The first-order chi connectivity index (χ1) is 23.4. The summed E-state index contributed by atoms with van der Waals surface area (Å²) in [6, 6.07) is 58.1. The molecule has 3 heterocycles. The van der Waals surface area contributed by atoms with E-state index < -0.39 is 19.4 Å². The number of rotatable bonds is 9. The number of nitrogens with zero attached hydrogens (tertiary/aromatic N) is 3. The zero-order chi connectivity index (χ0) is 33.0. The van der Waals surface area contributed by atoms with Gasteiger partial charge in [-0.25, -0.2) is 4.98 Å². The SMILES string of the molecule is C=P(c1ccccc1)(c1ccccc1)c1cccc(C(C)(c2ccccn2)c2cccc(P(=O)(c3ccccc3)c3ccccc3)n2)n1. The van der Waals surface area contributed by atoms with Crippen LogP contribution in [-0.2, 0) is 9.98 Å². The van der Waals surface area contributed by atoms with E-state index in [4.69, 9.17) is 21.3 Å². The molecule has 0 N–H and O–H groups in total. The third kappa shape index (κ3) is 5.48. The third-order valence-electron chi connectivity index (χ3n) is 9.02. The van der Waals surface area contributed by atoms with Crippen LogP contribution in [-0.4, -0.2) is 21.3 Å². The maximum atomic E-state index is 15.4. The molecule has 234 valence electrons. The summed E-state index contributed by atoms with van der Waals surface area (Å²) in [6.07, 6.45) is 6.74. The van der Waals surface area contributed by atoms with Crippen molar-refractivity contribution in [1.29, 1.82) is 0 Å². The second-order valence-electron chi connectivity index (χ2n) is 11.9. The van der Waals surface area contributed by atoms with Gasteiger partial charge in [-0.1, -0.05) is 146 Å². The Morgan fingerprint density at radius 1 is 0.458 bits per heavy atom. The lowest BCUT2D eigenvalue weighted by atomic mass is 9.79. The van der Waals surface area contributed by atoms with Gasteiger partial charge in [0.2, 0.25) is 0 Å². The van der Waals surface area contributed by atoms with Crippen molar-refractivity contribution in [2.45, 2.75) is 12.3 Å². The highest BCUT2D eigenvalue weighted by Crippen LogP contribution is 2.44. The molecule has 0 saturated heterocycles. The molecule has 4 aromatic carbocycles. The first-order valence-corrected chi connectivity index (χ1v) is 19.6. The predicted octanol–water partition coefficient (Wildman–Crippen LogP) is 6.59. The quantitative estimate of drug-likeness (QED) is 0.164. The van der Waals surface area contributed by atoms with Gasteiger partial charge < -0.3 is 4.57 Å². The van der Waals surface area contributed by atoms with Crippen molar-refractivity contribution >= 4 is 52.4 Å². The van der Waals surface area contributed by atoms with Crippen molar-refractivity contribution < 1.29 is 4.57 Å². The molecule has 7 rings (SSSR count). The molecule has 1 unspecified atom stereocenters. The third-order valence-corrected chi connectivity index (χ3v) is 15.4. The van der Waals surface area contributed by atoms with E-state index in [1.807, 2.05) is 115 Å². The molecule has 48 heavy (non-hydrogen) atoms. The minimum Gasteiger partial charge on any atom is -0.307 e. The van der Waals surface area contributed by atoms with Crippen LogP contribution >= 0.6 is 14.0 Å². The van der Waals surface area contributed by atoms with Crippen LogP contribution in [0.3, 0.4) is 0 Å². The Morgan fingerprint density at radius 3 is 1.31 bits per heavy atom. The van der Waals surface area contributed by atoms with Crippen LogP contribution < -0.4 is 32.1 Å². The summed E-state index contributed by atoms with van der Waals surface area (Å²) in [6.45, 7) is -0.260. The van der Waals surface area contributed by atoms with Crippen molar-refractivity contribution in [2.24, 2.45) is 0 Å². The highest BCUT2D eigenvalue weighted by molar-refractivity contribution is 7.93. The van der Waals surface area contributed by atoms with Crippen molar-refractivity contribution in [3.8, 4) is 0 Å². The van der Waals surface area contributed by atoms with Gasteiger partial charge >= 0.3 is 0 Å². The smallest absolute Gasteiger partial charge is 0.188 e. The fourth-order valence-corrected chi connectivity index (χ4v) is 11.7. The zero-order valence-electron chi connectivity index (χ0n) is 26.7. The van der Waals surface area contributed by atoms with Gasteiger partial charge in [0.15, 0.2) is 7.14 Å². The Hall–Kier alpha value is -5.14. The van der Waals surface area contributed by atoms with Gasteiger partial charge in [0, 0.05) is 16.8 Å². The van der Waals surface area contributed by atoms with Crippen LogP contribution in [0.2, 0.25) is 0 Å². The molecule has 7 aromatic rings. The molecular weight excluding hydrogens is 624 g/mol. The number of hydrogen-bond acceptors (Lipinski definition) is 4. The van der Waals surface area contributed by atoms with Gasteiger partial charge in [-0.3, -0.25) is 9.97 Å². The van der Waals surface area contributed by atoms with E-state index in [9.17, 15) is 0 Å². The molecule has 3 aromatic heterocycles. The van der Waals surface area contributed by atoms with Gasteiger partial charge in [-0.05, 0) is 60.8 Å². The average Bonchev–Trinajstić information content (AvgIpc) is 3.18. The fourth-order valence-electron chi connectivity index (χ4n) is 6.31. The van der Waals surface area contributed by atoms with Gasteiger partial charge in [-0.2, -0.15) is 0 Å². The molecule has 0 radical (unpaired) electrons. The molecule has 0 aliphatic carbocycles. The Balaban J connectivity index is 1.45. The summed E-state index contributed by atoms with van der Waals surface area (Å²) in [7, 11) is -3.33. The van der Waals surface area contributed by atoms with E-state index in [2.05, 4.69) is 67.6 Å². The van der Waals surface area contributed by atoms with Gasteiger partial charge in [0.1, 0.15) is 5.44 Å². The lowest BCUT2D eigenvalue weighted by Crippen LogP contribution is -2.35. The molecule has 0 saturated carbocycles. The zero-order valence-corrected chi connectivity index (χ0v) is 28.5. The van der Waals surface area contributed by atoms with Crippen LogP contribution in [0.1, 0.15) is 24.0 Å². The van der Waals surface area contributed by atoms with Crippen molar-refractivity contribution in [3.63, 3.8) is 0 Å². The average molecular weight is 660 g/mol. The molecule has 6 heteroatoms. The molecule has 0 aliphatic rings. The van der Waals surface area contributed by atoms with E-state index in [-0.39, 0.29) is 0 Å². The van der Waals surface area contributed by atoms with E-state index in [1.54, 1.807) is 6.20 Å². The summed E-state index contributed by atoms with van der Waals surface area (Å²) in [5.41, 5.74) is 2.84. The van der Waals surface area contributed by atoms with Crippen LogP contribution in [0.25, 0.3) is 0 Å². The summed E-state index contributed by atoms with van der Waals surface area (Å²) >= 11 is 0. The summed E-state index contributed by atoms with van der Waals surface area (Å²) < 4.78 is 15.4. The lowest BCUT2D eigenvalue weighted by molar-refractivity contribution is 0.590. The highest BCUT2D eigenvalue weighted by Gasteiger charge is 2.39. The predicted molar refractivity (Wildman–Crippen MR) is 203 cm³/mol. The molecule has 0 fully saturated rings. The van der Waals surface area contributed by atoms with E-state index in [0.29, 0.717) is 11.1 Å². The van der Waals surface area contributed by atoms with Crippen molar-refractivity contribution in [3.05, 3.63) is 199 Å². The molecule has 0 bridgehead atoms. The Morgan fingerprint density at radius 2 is 0.854 bits per heavy atom. The van der Waals surface area contributed by atoms with Gasteiger partial charge in [0.25, 0.3) is 0 Å². The van der Waals surface area contributed by atoms with Gasteiger partial charge in [0.05, 0.1) is 27.9 Å². The highest BCUT2D eigenvalue weighted by atomic mass is 31.2. The maximum absolute atomic E-state index is 15.4. The van der Waals surface area contributed by atoms with Crippen LogP contribution in [0, 0.1) is 0 Å². The molecule has 0 amide bonds. The summed E-state index contributed by atoms with van der Waals surface area (Å²) in [5, 5.41) is 3.76. The number of pyridine rings is 3. The van der Waals surface area contributed by atoms with E-state index in [1.165, 1.54) is 0 Å². The number of benzene rings is 4. The second-order valence-corrected chi connectivity index (χ2v) is 17.7. The first-order valence-electron chi connectivity index (χ1n) is 15.9. The fraction of sp³-hybridized carbons (Fsp3) is 0.0476. The lowest BCUT2D eigenvalue weighted by Gasteiger charge is -2.31. The summed E-state index contributed by atoms with van der Waals surface area (Å²) in [4.78, 5) is 15.6. The molecule has 1 atom stereocenters. The molecular formula is C42H35N3OP2. The Kier molecular flexibility index (Phi) is 8.63. The number of aromatic nitrogens is 3. The Bertz CT molecular complexity index is 2020. The topological polar surface area (TPSA) is 55.7 Å². The second kappa shape index (κ2) is 13.2. The molecule has 0 aliphatic heterocycles. The van der Waals surface area contributed by atoms with E-state index in [0.717, 1.165) is 38.0 Å². The van der Waals surface area contributed by atoms with Crippen LogP contribution in [0.4, 0.5) is 0 Å². The minimum absolute atomic E-state index is 0.517. The van der Waals surface area contributed by atoms with Crippen molar-refractivity contribution in [2.75, 3.05) is 0 Å². The van der Waals surface area contributed by atoms with E-state index >= 15 is 4.57 Å². The van der Waals surface area contributed by atoms with Crippen LogP contribution in [0.15, 0.2) is 182 Å². The molecule has 4 nitrogen and oxygen atoms in total. The molecule has 0 spiro atoms. The maximum Gasteiger partial charge on any atom is 0.188 e. The normalized spacial score (nSPS) is 13.0. The Labute approximate surface area is 282 Å². The van der Waals surface area contributed by atoms with Crippen molar-refractivity contribution in [1.82, 2.24) is 15.0 Å². The number of hydrogen-bond donors (Lipinski definition) is 0. The minimum atomic E-state index is -3.33. The summed E-state index contributed by atoms with van der Waals surface area (Å²) in [5.74, 6) is 0.